The summed E-state index contributed by atoms with van der Waals surface area (Å²) in [5, 5.41) is 0. The molecule has 4 nitrogen and oxygen atoms in total. The summed E-state index contributed by atoms with van der Waals surface area (Å²) in [7, 11) is -4.37. The van der Waals surface area contributed by atoms with Gasteiger partial charge in [0, 0.05) is 39.5 Å². The second kappa shape index (κ2) is 5.93. The molecule has 0 unspecified atom stereocenters. The van der Waals surface area contributed by atoms with Crippen LogP contribution in [0.2, 0.25) is 0 Å². The van der Waals surface area contributed by atoms with E-state index in [2.05, 4.69) is 9.97 Å². The Morgan fingerprint density at radius 2 is 1.70 bits per heavy atom. The molecule has 0 saturated heterocycles. The summed E-state index contributed by atoms with van der Waals surface area (Å²) in [5.74, 6) is 0. The highest BCUT2D eigenvalue weighted by atomic mass is 32.2. The van der Waals surface area contributed by atoms with Crippen LogP contribution in [0, 0.1) is 6.92 Å². The minimum Gasteiger partial charge on any atom is -0.261 e. The van der Waals surface area contributed by atoms with E-state index in [9.17, 15) is 8.42 Å². The van der Waals surface area contributed by atoms with Gasteiger partial charge in [-0.3, -0.25) is 9.97 Å². The van der Waals surface area contributed by atoms with Gasteiger partial charge < -0.3 is 0 Å². The van der Waals surface area contributed by atoms with E-state index in [1.54, 1.807) is 30.6 Å². The van der Waals surface area contributed by atoms with Gasteiger partial charge >= 0.3 is 0 Å². The SMILES string of the molecule is [2H]C([2H])([2H])S(=O)(=O)c1ccc(-c2cccnc2-c2ccc(C)nc2)cc1. The van der Waals surface area contributed by atoms with Crippen LogP contribution >= 0.6 is 0 Å². The van der Waals surface area contributed by atoms with E-state index in [-0.39, 0.29) is 4.90 Å². The van der Waals surface area contributed by atoms with Crippen LogP contribution < -0.4 is 0 Å². The lowest BCUT2D eigenvalue weighted by Crippen LogP contribution is -1.96. The zero-order valence-electron chi connectivity index (χ0n) is 15.4. The molecule has 0 aliphatic heterocycles. The van der Waals surface area contributed by atoms with E-state index in [1.165, 1.54) is 12.1 Å². The van der Waals surface area contributed by atoms with E-state index >= 15 is 0 Å². The van der Waals surface area contributed by atoms with E-state index < -0.39 is 16.0 Å². The molecule has 2 heterocycles. The topological polar surface area (TPSA) is 59.9 Å². The van der Waals surface area contributed by atoms with Crippen molar-refractivity contribution in [1.82, 2.24) is 9.97 Å². The summed E-state index contributed by atoms with van der Waals surface area (Å²) in [6.07, 6.45) is 0.322. The van der Waals surface area contributed by atoms with Crippen molar-refractivity contribution >= 4 is 9.84 Å². The number of sulfone groups is 1. The zero-order chi connectivity index (χ0) is 18.9. The highest BCUT2D eigenvalue weighted by Crippen LogP contribution is 2.30. The van der Waals surface area contributed by atoms with E-state index in [4.69, 9.17) is 4.11 Å². The minimum absolute atomic E-state index is 0.233. The summed E-state index contributed by atoms with van der Waals surface area (Å²) in [4.78, 5) is 8.47. The Hall–Kier alpha value is -2.53. The monoisotopic (exact) mass is 327 g/mol. The average molecular weight is 327 g/mol. The Kier molecular flexibility index (Phi) is 3.08. The lowest BCUT2D eigenvalue weighted by atomic mass is 10.0. The molecular formula is C18H16N2O2S. The Balaban J connectivity index is 2.05. The summed E-state index contributed by atoms with van der Waals surface area (Å²) < 4.78 is 45.6. The standard InChI is InChI=1S/C18H16N2O2S/c1-13-5-6-15(12-20-13)18-17(4-3-11-19-18)14-7-9-16(10-8-14)23(2,21)22/h3-12H,1-2H3/i2D3. The Morgan fingerprint density at radius 1 is 0.957 bits per heavy atom. The molecule has 0 aliphatic rings. The second-order valence-corrected chi connectivity index (χ2v) is 6.59. The van der Waals surface area contributed by atoms with Crippen LogP contribution in [0.3, 0.4) is 0 Å². The molecular weight excluding hydrogens is 308 g/mol. The first-order chi connectivity index (χ1) is 12.2. The molecule has 116 valence electrons. The molecule has 2 aromatic heterocycles. The largest absolute Gasteiger partial charge is 0.261 e. The highest BCUT2D eigenvalue weighted by Gasteiger charge is 2.11. The van der Waals surface area contributed by atoms with Gasteiger partial charge in [0.15, 0.2) is 9.84 Å². The molecule has 0 bridgehead atoms. The number of pyridine rings is 2. The van der Waals surface area contributed by atoms with Crippen LogP contribution in [0.5, 0.6) is 0 Å². The first kappa shape index (κ1) is 12.0. The number of rotatable bonds is 3. The predicted octanol–water partition coefficient (Wildman–Crippen LogP) is 3.52. The highest BCUT2D eigenvalue weighted by molar-refractivity contribution is 7.90. The van der Waals surface area contributed by atoms with Gasteiger partial charge in [-0.1, -0.05) is 18.2 Å². The quantitative estimate of drug-likeness (QED) is 0.738. The van der Waals surface area contributed by atoms with Crippen molar-refractivity contribution in [2.45, 2.75) is 11.8 Å². The maximum atomic E-state index is 12.0. The van der Waals surface area contributed by atoms with Gasteiger partial charge in [-0.05, 0) is 42.8 Å². The third-order valence-corrected chi connectivity index (χ3v) is 4.36. The van der Waals surface area contributed by atoms with Gasteiger partial charge in [-0.2, -0.15) is 0 Å². The van der Waals surface area contributed by atoms with Crippen molar-refractivity contribution in [2.75, 3.05) is 6.18 Å². The van der Waals surface area contributed by atoms with Crippen molar-refractivity contribution in [2.24, 2.45) is 0 Å². The van der Waals surface area contributed by atoms with Crippen LogP contribution in [0.1, 0.15) is 9.81 Å². The summed E-state index contributed by atoms with van der Waals surface area (Å²) >= 11 is 0. The zero-order valence-corrected chi connectivity index (χ0v) is 13.2. The van der Waals surface area contributed by atoms with Crippen molar-refractivity contribution in [3.05, 3.63) is 66.6 Å². The first-order valence-electron chi connectivity index (χ1n) is 8.43. The molecule has 0 fully saturated rings. The molecule has 0 atom stereocenters. The van der Waals surface area contributed by atoms with Crippen molar-refractivity contribution in [3.8, 4) is 22.4 Å². The van der Waals surface area contributed by atoms with Crippen molar-refractivity contribution in [1.29, 1.82) is 0 Å². The van der Waals surface area contributed by atoms with Crippen molar-refractivity contribution in [3.63, 3.8) is 0 Å². The molecule has 0 saturated carbocycles. The molecule has 0 aliphatic carbocycles. The summed E-state index contributed by atoms with van der Waals surface area (Å²) in [5.41, 5.74) is 3.98. The molecule has 23 heavy (non-hydrogen) atoms. The Labute approximate surface area is 140 Å². The number of benzene rings is 1. The number of hydrogen-bond donors (Lipinski definition) is 0. The van der Waals surface area contributed by atoms with E-state index in [0.717, 1.165) is 22.4 Å². The first-order valence-corrected chi connectivity index (χ1v) is 8.41. The number of hydrogen-bond acceptors (Lipinski definition) is 4. The molecule has 3 aromatic rings. The maximum Gasteiger partial charge on any atom is 0.175 e. The average Bonchev–Trinajstić information content (AvgIpc) is 2.61. The number of nitrogens with zero attached hydrogens (tertiary/aromatic N) is 2. The van der Waals surface area contributed by atoms with Crippen LogP contribution in [0.25, 0.3) is 22.4 Å². The molecule has 3 rings (SSSR count). The second-order valence-electron chi connectivity index (χ2n) is 5.12. The van der Waals surface area contributed by atoms with Crippen LogP contribution in [0.15, 0.2) is 65.8 Å². The lowest BCUT2D eigenvalue weighted by molar-refractivity contribution is 0.602. The van der Waals surface area contributed by atoms with Crippen molar-refractivity contribution < 1.29 is 12.5 Å². The third kappa shape index (κ3) is 3.29. The third-order valence-electron chi connectivity index (χ3n) is 3.47. The Morgan fingerprint density at radius 3 is 2.35 bits per heavy atom. The van der Waals surface area contributed by atoms with E-state index in [1.807, 2.05) is 25.1 Å². The minimum atomic E-state index is -4.37. The van der Waals surface area contributed by atoms with Gasteiger partial charge in [0.05, 0.1) is 10.6 Å². The van der Waals surface area contributed by atoms with Crippen LogP contribution in [-0.4, -0.2) is 24.6 Å². The fraction of sp³-hybridized carbons (Fsp3) is 0.111. The van der Waals surface area contributed by atoms with E-state index in [0.29, 0.717) is 5.69 Å². The number of aromatic nitrogens is 2. The molecule has 0 N–H and O–H groups in total. The van der Waals surface area contributed by atoms with Gasteiger partial charge in [-0.25, -0.2) is 8.42 Å². The normalized spacial score (nSPS) is 13.9. The molecule has 0 radical (unpaired) electrons. The van der Waals surface area contributed by atoms with Gasteiger partial charge in [0.1, 0.15) is 0 Å². The molecule has 0 spiro atoms. The smallest absolute Gasteiger partial charge is 0.175 e. The summed E-state index contributed by atoms with van der Waals surface area (Å²) in [6, 6.07) is 13.2. The molecule has 0 amide bonds. The Bertz CT molecular complexity index is 1030. The fourth-order valence-electron chi connectivity index (χ4n) is 2.29. The predicted molar refractivity (Wildman–Crippen MR) is 90.8 cm³/mol. The summed E-state index contributed by atoms with van der Waals surface area (Å²) in [6.45, 7) is 1.90. The van der Waals surface area contributed by atoms with Crippen LogP contribution in [0.4, 0.5) is 0 Å². The number of aryl methyl sites for hydroxylation is 1. The van der Waals surface area contributed by atoms with Gasteiger partial charge in [-0.15, -0.1) is 0 Å². The molecule has 1 aromatic carbocycles. The lowest BCUT2D eigenvalue weighted by Gasteiger charge is -2.09. The maximum absolute atomic E-state index is 12.0. The van der Waals surface area contributed by atoms with Crippen LogP contribution in [-0.2, 0) is 9.84 Å². The van der Waals surface area contributed by atoms with Gasteiger partial charge in [0.2, 0.25) is 0 Å². The fourth-order valence-corrected chi connectivity index (χ4v) is 2.78. The van der Waals surface area contributed by atoms with Gasteiger partial charge in [0.25, 0.3) is 0 Å². The molecule has 5 heteroatoms.